The molecule has 2 amide bonds. The van der Waals surface area contributed by atoms with Crippen LogP contribution in [0.15, 0.2) is 42.5 Å². The maximum Gasteiger partial charge on any atom is 0.254 e. The van der Waals surface area contributed by atoms with Crippen molar-refractivity contribution in [1.82, 2.24) is 10.2 Å². The monoisotopic (exact) mass is 472 g/mol. The molecular weight excluding hydrogens is 444 g/mol. The van der Waals surface area contributed by atoms with E-state index in [0.29, 0.717) is 43.3 Å². The van der Waals surface area contributed by atoms with E-state index in [4.69, 9.17) is 23.8 Å². The molecule has 3 rings (SSSR count). The van der Waals surface area contributed by atoms with Gasteiger partial charge in [0.25, 0.3) is 5.91 Å². The molecule has 1 fully saturated rings. The van der Waals surface area contributed by atoms with Gasteiger partial charge in [-0.1, -0.05) is 43.1 Å². The molecule has 6 nitrogen and oxygen atoms in total. The number of rotatable bonds is 6. The first kappa shape index (κ1) is 24.0. The molecule has 2 aromatic carbocycles. The maximum absolute atomic E-state index is 12.8. The van der Waals surface area contributed by atoms with Gasteiger partial charge in [-0.3, -0.25) is 9.59 Å². The molecule has 2 aromatic rings. The van der Waals surface area contributed by atoms with Crippen molar-refractivity contribution in [3.63, 3.8) is 0 Å². The average Bonchev–Trinajstić information content (AvgIpc) is 2.78. The number of hydrogen-bond acceptors (Lipinski definition) is 4. The summed E-state index contributed by atoms with van der Waals surface area (Å²) in [7, 11) is 0. The van der Waals surface area contributed by atoms with Gasteiger partial charge < -0.3 is 20.4 Å². The van der Waals surface area contributed by atoms with E-state index in [1.807, 2.05) is 55.1 Å². The van der Waals surface area contributed by atoms with Crippen molar-refractivity contribution in [2.75, 3.05) is 36.4 Å². The van der Waals surface area contributed by atoms with E-state index in [0.717, 1.165) is 29.7 Å². The van der Waals surface area contributed by atoms with Crippen LogP contribution in [-0.4, -0.2) is 48.0 Å². The predicted octanol–water partition coefficient (Wildman–Crippen LogP) is 4.61. The van der Waals surface area contributed by atoms with Crippen LogP contribution in [0.1, 0.15) is 42.1 Å². The minimum Gasteiger partial charge on any atom is -0.367 e. The first-order valence-electron chi connectivity index (χ1n) is 10.9. The molecule has 0 aliphatic carbocycles. The lowest BCUT2D eigenvalue weighted by molar-refractivity contribution is -0.119. The van der Waals surface area contributed by atoms with Gasteiger partial charge in [0.1, 0.15) is 0 Å². The molecule has 170 valence electrons. The molecule has 0 unspecified atom stereocenters. The van der Waals surface area contributed by atoms with Crippen molar-refractivity contribution < 1.29 is 9.59 Å². The molecule has 8 heteroatoms. The van der Waals surface area contributed by atoms with Crippen LogP contribution in [0.25, 0.3) is 0 Å². The maximum atomic E-state index is 12.8. The van der Waals surface area contributed by atoms with E-state index >= 15 is 0 Å². The number of benzene rings is 2. The van der Waals surface area contributed by atoms with E-state index in [-0.39, 0.29) is 16.9 Å². The summed E-state index contributed by atoms with van der Waals surface area (Å²) in [5, 5.41) is 6.55. The second-order valence-corrected chi connectivity index (χ2v) is 8.68. The molecule has 1 saturated heterocycles. The van der Waals surface area contributed by atoms with E-state index in [2.05, 4.69) is 15.5 Å². The summed E-state index contributed by atoms with van der Waals surface area (Å²) in [5.74, 6) is -0.0203. The van der Waals surface area contributed by atoms with Gasteiger partial charge in [-0.15, -0.1) is 0 Å². The van der Waals surface area contributed by atoms with Gasteiger partial charge in [0, 0.05) is 43.9 Å². The number of unbranched alkanes of at least 4 members (excludes halogenated alkanes) is 1. The molecule has 1 aliphatic heterocycles. The number of piperazine rings is 1. The number of anilines is 2. The number of nitrogens with zero attached hydrogens (tertiary/aromatic N) is 2. The highest BCUT2D eigenvalue weighted by atomic mass is 35.5. The molecule has 0 radical (unpaired) electrons. The minimum atomic E-state index is -0.0924. The second-order valence-electron chi connectivity index (χ2n) is 7.87. The first-order valence-corrected chi connectivity index (χ1v) is 11.7. The Kier molecular flexibility index (Phi) is 8.47. The summed E-state index contributed by atoms with van der Waals surface area (Å²) < 4.78 is 0. The van der Waals surface area contributed by atoms with Crippen molar-refractivity contribution in [1.29, 1.82) is 0 Å². The van der Waals surface area contributed by atoms with Gasteiger partial charge in [-0.2, -0.15) is 0 Å². The third kappa shape index (κ3) is 6.20. The summed E-state index contributed by atoms with van der Waals surface area (Å²) in [6.45, 7) is 6.68. The lowest BCUT2D eigenvalue weighted by Gasteiger charge is -2.36. The fraction of sp³-hybridized carbons (Fsp3) is 0.375. The van der Waals surface area contributed by atoms with Crippen LogP contribution < -0.4 is 15.5 Å². The van der Waals surface area contributed by atoms with Crippen LogP contribution in [0.3, 0.4) is 0 Å². The normalized spacial score (nSPS) is 13.6. The molecule has 32 heavy (non-hydrogen) atoms. The minimum absolute atomic E-state index is 0.0721. The van der Waals surface area contributed by atoms with Crippen molar-refractivity contribution >= 4 is 52.1 Å². The van der Waals surface area contributed by atoms with Crippen LogP contribution in [-0.2, 0) is 4.79 Å². The zero-order chi connectivity index (χ0) is 23.1. The summed E-state index contributed by atoms with van der Waals surface area (Å²) in [6, 6.07) is 13.3. The lowest BCUT2D eigenvalue weighted by atomic mass is 10.1. The standard InChI is InChI=1S/C24H29ClN4O2S/c1-3-4-9-22(30)27-24(32)26-18-10-11-21(20(25)16-18)28-12-14-29(15-13-28)23(31)19-8-6-5-7-17(19)2/h5-8,10-11,16H,3-4,9,12-15H2,1-2H3,(H2,26,27,30,32). The number of nitrogens with one attached hydrogen (secondary N) is 2. The molecule has 0 bridgehead atoms. The molecule has 0 saturated carbocycles. The fourth-order valence-electron chi connectivity index (χ4n) is 3.66. The highest BCUT2D eigenvalue weighted by Gasteiger charge is 2.24. The number of aryl methyl sites for hydroxylation is 1. The molecule has 1 heterocycles. The molecule has 2 N–H and O–H groups in total. The number of thiocarbonyl (C=S) groups is 1. The van der Waals surface area contributed by atoms with Crippen LogP contribution >= 0.6 is 23.8 Å². The van der Waals surface area contributed by atoms with Gasteiger partial charge in [-0.05, 0) is 55.4 Å². The van der Waals surface area contributed by atoms with Crippen LogP contribution in [0, 0.1) is 6.92 Å². The predicted molar refractivity (Wildman–Crippen MR) is 135 cm³/mol. The van der Waals surface area contributed by atoms with Crippen molar-refractivity contribution in [2.24, 2.45) is 0 Å². The number of carbonyl (C=O) groups excluding carboxylic acids is 2. The number of hydrogen-bond donors (Lipinski definition) is 2. The molecule has 0 spiro atoms. The topological polar surface area (TPSA) is 64.7 Å². The van der Waals surface area contributed by atoms with Crippen molar-refractivity contribution in [3.8, 4) is 0 Å². The second kappa shape index (κ2) is 11.3. The Balaban J connectivity index is 1.56. The van der Waals surface area contributed by atoms with E-state index in [9.17, 15) is 9.59 Å². The van der Waals surface area contributed by atoms with E-state index in [1.165, 1.54) is 0 Å². The lowest BCUT2D eigenvalue weighted by Crippen LogP contribution is -2.49. The Morgan fingerprint density at radius 3 is 2.47 bits per heavy atom. The Morgan fingerprint density at radius 1 is 1.09 bits per heavy atom. The number of halogens is 1. The third-order valence-electron chi connectivity index (χ3n) is 5.50. The summed E-state index contributed by atoms with van der Waals surface area (Å²) in [6.07, 6.45) is 2.24. The van der Waals surface area contributed by atoms with Crippen LogP contribution in [0.4, 0.5) is 11.4 Å². The quantitative estimate of drug-likeness (QED) is 0.601. The van der Waals surface area contributed by atoms with Gasteiger partial charge in [0.05, 0.1) is 10.7 Å². The van der Waals surface area contributed by atoms with Crippen LogP contribution in [0.5, 0.6) is 0 Å². The Morgan fingerprint density at radius 2 is 1.81 bits per heavy atom. The largest absolute Gasteiger partial charge is 0.367 e. The Hall–Kier alpha value is -2.64. The average molecular weight is 473 g/mol. The van der Waals surface area contributed by atoms with E-state index in [1.54, 1.807) is 6.07 Å². The highest BCUT2D eigenvalue weighted by molar-refractivity contribution is 7.80. The van der Waals surface area contributed by atoms with Crippen molar-refractivity contribution in [3.05, 3.63) is 58.6 Å². The van der Waals surface area contributed by atoms with Crippen LogP contribution in [0.2, 0.25) is 5.02 Å². The molecule has 1 aliphatic rings. The summed E-state index contributed by atoms with van der Waals surface area (Å²) >= 11 is 11.8. The van der Waals surface area contributed by atoms with Gasteiger partial charge in [-0.25, -0.2) is 0 Å². The zero-order valence-electron chi connectivity index (χ0n) is 18.5. The highest BCUT2D eigenvalue weighted by Crippen LogP contribution is 2.30. The van der Waals surface area contributed by atoms with Gasteiger partial charge in [0.15, 0.2) is 5.11 Å². The fourth-order valence-corrected chi connectivity index (χ4v) is 4.20. The first-order chi connectivity index (χ1) is 15.4. The number of amides is 2. The summed E-state index contributed by atoms with van der Waals surface area (Å²) in [5.41, 5.74) is 3.38. The van der Waals surface area contributed by atoms with Crippen molar-refractivity contribution in [2.45, 2.75) is 33.1 Å². The zero-order valence-corrected chi connectivity index (χ0v) is 20.1. The van der Waals surface area contributed by atoms with Gasteiger partial charge in [0.2, 0.25) is 5.91 Å². The summed E-state index contributed by atoms with van der Waals surface area (Å²) in [4.78, 5) is 28.7. The smallest absolute Gasteiger partial charge is 0.254 e. The molecular formula is C24H29ClN4O2S. The molecule has 0 aromatic heterocycles. The SMILES string of the molecule is CCCCC(=O)NC(=S)Nc1ccc(N2CCN(C(=O)c3ccccc3C)CC2)c(Cl)c1. The third-order valence-corrected chi connectivity index (χ3v) is 6.01. The Bertz CT molecular complexity index is 990. The van der Waals surface area contributed by atoms with Gasteiger partial charge >= 0.3 is 0 Å². The Labute approximate surface area is 199 Å². The number of carbonyl (C=O) groups is 2. The van der Waals surface area contributed by atoms with E-state index < -0.39 is 0 Å². The molecule has 0 atom stereocenters.